The van der Waals surface area contributed by atoms with E-state index in [0.29, 0.717) is 24.7 Å². The lowest BCUT2D eigenvalue weighted by atomic mass is 10.1. The summed E-state index contributed by atoms with van der Waals surface area (Å²) in [5.74, 6) is 1.08. The Hall–Kier alpha value is -2.48. The standard InChI is InChI=1S/C18H22N2O3/c1-3-22-16-8-7-14(12-17(16)23-4-2)11-15(13-19)18(21)20-9-5-6-10-20/h7-8,11-12H,3-6,9-10H2,1-2H3/b15-11+. The number of benzene rings is 1. The lowest BCUT2D eigenvalue weighted by molar-refractivity contribution is -0.125. The Morgan fingerprint density at radius 3 is 2.48 bits per heavy atom. The van der Waals surface area contributed by atoms with Gasteiger partial charge in [-0.3, -0.25) is 4.79 Å². The number of nitriles is 1. The van der Waals surface area contributed by atoms with Gasteiger partial charge in [0.25, 0.3) is 5.91 Å². The van der Waals surface area contributed by atoms with Crippen LogP contribution in [-0.4, -0.2) is 37.1 Å². The fraction of sp³-hybridized carbons (Fsp3) is 0.444. The molecule has 1 fully saturated rings. The van der Waals surface area contributed by atoms with Crippen molar-refractivity contribution in [1.29, 1.82) is 5.26 Å². The molecule has 1 aromatic rings. The molecule has 122 valence electrons. The van der Waals surface area contributed by atoms with Crippen molar-refractivity contribution in [2.75, 3.05) is 26.3 Å². The zero-order valence-electron chi connectivity index (χ0n) is 13.7. The summed E-state index contributed by atoms with van der Waals surface area (Å²) < 4.78 is 11.1. The average molecular weight is 314 g/mol. The van der Waals surface area contributed by atoms with E-state index in [9.17, 15) is 10.1 Å². The molecule has 23 heavy (non-hydrogen) atoms. The summed E-state index contributed by atoms with van der Waals surface area (Å²) in [5.41, 5.74) is 0.902. The van der Waals surface area contributed by atoms with Gasteiger partial charge in [0.15, 0.2) is 11.5 Å². The highest BCUT2D eigenvalue weighted by Gasteiger charge is 2.21. The van der Waals surface area contributed by atoms with Crippen LogP contribution in [0.5, 0.6) is 11.5 Å². The number of hydrogen-bond donors (Lipinski definition) is 0. The van der Waals surface area contributed by atoms with Gasteiger partial charge in [0.1, 0.15) is 11.6 Å². The molecule has 0 aromatic heterocycles. The number of carbonyl (C=O) groups excluding carboxylic acids is 1. The van der Waals surface area contributed by atoms with Crippen molar-refractivity contribution in [1.82, 2.24) is 4.90 Å². The Morgan fingerprint density at radius 1 is 1.22 bits per heavy atom. The van der Waals surface area contributed by atoms with Gasteiger partial charge in [-0.25, -0.2) is 0 Å². The van der Waals surface area contributed by atoms with Gasteiger partial charge in [-0.1, -0.05) is 6.07 Å². The highest BCUT2D eigenvalue weighted by molar-refractivity contribution is 6.01. The third-order valence-corrected chi connectivity index (χ3v) is 3.62. The van der Waals surface area contributed by atoms with Crippen molar-refractivity contribution in [3.05, 3.63) is 29.3 Å². The summed E-state index contributed by atoms with van der Waals surface area (Å²) in [6.45, 7) is 6.33. The number of rotatable bonds is 6. The minimum absolute atomic E-state index is 0.151. The van der Waals surface area contributed by atoms with Crippen LogP contribution in [0.2, 0.25) is 0 Å². The summed E-state index contributed by atoms with van der Waals surface area (Å²) in [6.07, 6.45) is 3.61. The Balaban J connectivity index is 2.26. The SMILES string of the molecule is CCOc1ccc(/C=C(\C#N)C(=O)N2CCCC2)cc1OCC. The van der Waals surface area contributed by atoms with Crippen LogP contribution in [0.4, 0.5) is 0 Å². The zero-order chi connectivity index (χ0) is 16.7. The summed E-state index contributed by atoms with van der Waals surface area (Å²) in [4.78, 5) is 14.1. The molecule has 5 nitrogen and oxygen atoms in total. The van der Waals surface area contributed by atoms with Crippen LogP contribution in [0.25, 0.3) is 6.08 Å². The summed E-state index contributed by atoms with van der Waals surface area (Å²) in [7, 11) is 0. The van der Waals surface area contributed by atoms with Gasteiger partial charge < -0.3 is 14.4 Å². The molecular formula is C18H22N2O3. The van der Waals surface area contributed by atoms with Gasteiger partial charge in [0, 0.05) is 13.1 Å². The van der Waals surface area contributed by atoms with Crippen LogP contribution in [0, 0.1) is 11.3 Å². The van der Waals surface area contributed by atoms with Gasteiger partial charge in [0.2, 0.25) is 0 Å². The van der Waals surface area contributed by atoms with Crippen LogP contribution in [0.15, 0.2) is 23.8 Å². The molecular weight excluding hydrogens is 292 g/mol. The number of likely N-dealkylation sites (tertiary alicyclic amines) is 1. The van der Waals surface area contributed by atoms with E-state index in [-0.39, 0.29) is 11.5 Å². The molecule has 0 atom stereocenters. The molecule has 0 spiro atoms. The minimum atomic E-state index is -0.197. The van der Waals surface area contributed by atoms with Crippen LogP contribution >= 0.6 is 0 Å². The molecule has 1 saturated heterocycles. The predicted molar refractivity (Wildman–Crippen MR) is 88.2 cm³/mol. The Morgan fingerprint density at radius 2 is 1.87 bits per heavy atom. The maximum atomic E-state index is 12.3. The molecule has 0 radical (unpaired) electrons. The lowest BCUT2D eigenvalue weighted by Crippen LogP contribution is -2.28. The molecule has 1 heterocycles. The van der Waals surface area contributed by atoms with Crippen molar-refractivity contribution in [3.8, 4) is 17.6 Å². The molecule has 1 aromatic carbocycles. The summed E-state index contributed by atoms with van der Waals surface area (Å²) in [5, 5.41) is 9.31. The fourth-order valence-electron chi connectivity index (χ4n) is 2.56. The van der Waals surface area contributed by atoms with Crippen LogP contribution in [0.1, 0.15) is 32.3 Å². The second kappa shape index (κ2) is 8.23. The second-order valence-electron chi connectivity index (χ2n) is 5.24. The highest BCUT2D eigenvalue weighted by Crippen LogP contribution is 2.29. The van der Waals surface area contributed by atoms with E-state index >= 15 is 0 Å². The predicted octanol–water partition coefficient (Wildman–Crippen LogP) is 3.01. The molecule has 0 N–H and O–H groups in total. The maximum absolute atomic E-state index is 12.3. The van der Waals surface area contributed by atoms with Crippen molar-refractivity contribution in [2.24, 2.45) is 0 Å². The highest BCUT2D eigenvalue weighted by atomic mass is 16.5. The molecule has 5 heteroatoms. The molecule has 0 aliphatic carbocycles. The van der Waals surface area contributed by atoms with Crippen molar-refractivity contribution in [3.63, 3.8) is 0 Å². The van der Waals surface area contributed by atoms with Crippen molar-refractivity contribution >= 4 is 12.0 Å². The molecule has 0 unspecified atom stereocenters. The second-order valence-corrected chi connectivity index (χ2v) is 5.24. The Labute approximate surface area is 137 Å². The topological polar surface area (TPSA) is 62.6 Å². The zero-order valence-corrected chi connectivity index (χ0v) is 13.7. The number of carbonyl (C=O) groups is 1. The van der Waals surface area contributed by atoms with Crippen molar-refractivity contribution < 1.29 is 14.3 Å². The first-order valence-electron chi connectivity index (χ1n) is 8.00. The summed E-state index contributed by atoms with van der Waals surface area (Å²) >= 11 is 0. The van der Waals surface area contributed by atoms with E-state index in [4.69, 9.17) is 9.47 Å². The fourth-order valence-corrected chi connectivity index (χ4v) is 2.56. The van der Waals surface area contributed by atoms with Gasteiger partial charge in [-0.05, 0) is 50.5 Å². The smallest absolute Gasteiger partial charge is 0.264 e. The van der Waals surface area contributed by atoms with Gasteiger partial charge in [-0.2, -0.15) is 5.26 Å². The number of amides is 1. The first-order valence-corrected chi connectivity index (χ1v) is 8.00. The maximum Gasteiger partial charge on any atom is 0.264 e. The largest absolute Gasteiger partial charge is 0.490 e. The summed E-state index contributed by atoms with van der Waals surface area (Å²) in [6, 6.07) is 7.43. The lowest BCUT2D eigenvalue weighted by Gasteiger charge is -2.14. The van der Waals surface area contributed by atoms with Crippen LogP contribution < -0.4 is 9.47 Å². The third-order valence-electron chi connectivity index (χ3n) is 3.62. The molecule has 1 amide bonds. The van der Waals surface area contributed by atoms with Gasteiger partial charge in [0.05, 0.1) is 13.2 Å². The van der Waals surface area contributed by atoms with Gasteiger partial charge >= 0.3 is 0 Å². The molecule has 0 saturated carbocycles. The Kier molecular flexibility index (Phi) is 6.04. The quantitative estimate of drug-likeness (QED) is 0.598. The van der Waals surface area contributed by atoms with E-state index in [1.54, 1.807) is 23.1 Å². The van der Waals surface area contributed by atoms with E-state index in [0.717, 1.165) is 31.5 Å². The monoisotopic (exact) mass is 314 g/mol. The first kappa shape index (κ1) is 16.9. The number of nitrogens with zero attached hydrogens (tertiary/aromatic N) is 2. The normalized spacial score (nSPS) is 14.5. The number of hydrogen-bond acceptors (Lipinski definition) is 4. The molecule has 1 aliphatic rings. The van der Waals surface area contributed by atoms with E-state index < -0.39 is 0 Å². The number of ether oxygens (including phenoxy) is 2. The van der Waals surface area contributed by atoms with Crippen LogP contribution in [-0.2, 0) is 4.79 Å². The van der Waals surface area contributed by atoms with Gasteiger partial charge in [-0.15, -0.1) is 0 Å². The van der Waals surface area contributed by atoms with Crippen LogP contribution in [0.3, 0.4) is 0 Å². The van der Waals surface area contributed by atoms with E-state index in [1.807, 2.05) is 26.0 Å². The molecule has 2 rings (SSSR count). The minimum Gasteiger partial charge on any atom is -0.490 e. The molecule has 1 aliphatic heterocycles. The average Bonchev–Trinajstić information content (AvgIpc) is 3.09. The van der Waals surface area contributed by atoms with E-state index in [2.05, 4.69) is 0 Å². The first-order chi connectivity index (χ1) is 11.2. The van der Waals surface area contributed by atoms with E-state index in [1.165, 1.54) is 0 Å². The Bertz CT molecular complexity index is 626. The molecule has 0 bridgehead atoms. The van der Waals surface area contributed by atoms with Crippen molar-refractivity contribution in [2.45, 2.75) is 26.7 Å². The third kappa shape index (κ3) is 4.26.